The fraction of sp³-hybridized carbons (Fsp3) is 0.579. The highest BCUT2D eigenvalue weighted by Gasteiger charge is 2.42. The average molecular weight is 330 g/mol. The Balaban J connectivity index is 1.75. The molecule has 1 aromatic rings. The van der Waals surface area contributed by atoms with E-state index in [2.05, 4.69) is 17.4 Å². The fourth-order valence-electron chi connectivity index (χ4n) is 4.11. The van der Waals surface area contributed by atoms with Gasteiger partial charge in [0, 0.05) is 12.2 Å². The minimum absolute atomic E-state index is 0.0833. The van der Waals surface area contributed by atoms with Crippen molar-refractivity contribution >= 4 is 17.5 Å². The van der Waals surface area contributed by atoms with Crippen LogP contribution in [-0.2, 0) is 9.59 Å². The number of carbonyl (C=O) groups is 2. The molecule has 3 rings (SSSR count). The Hall–Kier alpha value is -1.88. The summed E-state index contributed by atoms with van der Waals surface area (Å²) >= 11 is 0. The molecule has 0 radical (unpaired) electrons. The zero-order chi connectivity index (χ0) is 17.5. The third-order valence-corrected chi connectivity index (χ3v) is 5.27. The van der Waals surface area contributed by atoms with Crippen LogP contribution in [0.15, 0.2) is 12.1 Å². The third-order valence-electron chi connectivity index (χ3n) is 5.27. The van der Waals surface area contributed by atoms with Crippen molar-refractivity contribution in [1.82, 2.24) is 5.32 Å². The van der Waals surface area contributed by atoms with Crippen LogP contribution in [0.25, 0.3) is 0 Å². The molecule has 2 fully saturated rings. The predicted molar refractivity (Wildman–Crippen MR) is 93.0 cm³/mol. The molecule has 1 saturated heterocycles. The number of hydrogen-bond donors (Lipinski definition) is 2. The van der Waals surface area contributed by atoms with E-state index in [9.17, 15) is 14.7 Å². The molecule has 0 bridgehead atoms. The van der Waals surface area contributed by atoms with Crippen LogP contribution >= 0.6 is 0 Å². The highest BCUT2D eigenvalue weighted by Crippen LogP contribution is 2.32. The van der Waals surface area contributed by atoms with Gasteiger partial charge >= 0.3 is 0 Å². The lowest BCUT2D eigenvalue weighted by atomic mass is 10.0. The van der Waals surface area contributed by atoms with Crippen molar-refractivity contribution in [2.75, 3.05) is 11.4 Å². The Labute approximate surface area is 143 Å². The van der Waals surface area contributed by atoms with Crippen LogP contribution in [0.3, 0.4) is 0 Å². The number of nitrogens with one attached hydrogen (secondary N) is 1. The Bertz CT molecular complexity index is 654. The molecule has 1 aliphatic carbocycles. The van der Waals surface area contributed by atoms with Gasteiger partial charge in [0.1, 0.15) is 11.6 Å². The first kappa shape index (κ1) is 17.0. The van der Waals surface area contributed by atoms with E-state index in [-0.39, 0.29) is 5.91 Å². The van der Waals surface area contributed by atoms with Crippen LogP contribution in [0.1, 0.15) is 48.8 Å². The van der Waals surface area contributed by atoms with Gasteiger partial charge in [0.25, 0.3) is 5.91 Å². The molecule has 130 valence electrons. The van der Waals surface area contributed by atoms with Crippen molar-refractivity contribution in [3.05, 3.63) is 28.8 Å². The Morgan fingerprint density at radius 1 is 1.21 bits per heavy atom. The molecule has 1 aromatic carbocycles. The minimum Gasteiger partial charge on any atom is -0.380 e. The van der Waals surface area contributed by atoms with E-state index in [1.807, 2.05) is 20.8 Å². The van der Waals surface area contributed by atoms with E-state index in [1.54, 1.807) is 4.90 Å². The van der Waals surface area contributed by atoms with Gasteiger partial charge in [-0.05, 0) is 64.0 Å². The van der Waals surface area contributed by atoms with E-state index in [0.29, 0.717) is 25.8 Å². The number of nitrogens with zero attached hydrogens (tertiary/aromatic N) is 1. The molecule has 2 aliphatic rings. The van der Waals surface area contributed by atoms with E-state index in [4.69, 9.17) is 0 Å². The second-order valence-electron chi connectivity index (χ2n) is 7.29. The van der Waals surface area contributed by atoms with Crippen LogP contribution in [0.2, 0.25) is 0 Å². The molecule has 1 heterocycles. The second kappa shape index (κ2) is 6.20. The Morgan fingerprint density at radius 3 is 2.38 bits per heavy atom. The van der Waals surface area contributed by atoms with Crippen LogP contribution in [0.4, 0.5) is 5.69 Å². The molecule has 1 aliphatic heterocycles. The van der Waals surface area contributed by atoms with Gasteiger partial charge in [-0.15, -0.1) is 0 Å². The van der Waals surface area contributed by atoms with Crippen LogP contribution in [0.5, 0.6) is 0 Å². The number of benzene rings is 1. The van der Waals surface area contributed by atoms with Crippen molar-refractivity contribution in [1.29, 1.82) is 0 Å². The Kier molecular flexibility index (Phi) is 4.38. The standard InChI is InChI=1S/C19H26N2O3/c1-12-10-13(2)16(14(3)11-12)21-9-6-15(17(21)22)20-18(23)19(24)7-4-5-8-19/h10-11,15,24H,4-9H2,1-3H3,(H,20,23). The number of carbonyl (C=O) groups excluding carboxylic acids is 2. The molecular formula is C19H26N2O3. The summed E-state index contributed by atoms with van der Waals surface area (Å²) in [4.78, 5) is 26.9. The summed E-state index contributed by atoms with van der Waals surface area (Å²) < 4.78 is 0. The second-order valence-corrected chi connectivity index (χ2v) is 7.29. The third kappa shape index (κ3) is 2.93. The number of amides is 2. The maximum Gasteiger partial charge on any atom is 0.252 e. The highest BCUT2D eigenvalue weighted by atomic mass is 16.3. The number of hydrogen-bond acceptors (Lipinski definition) is 3. The summed E-state index contributed by atoms with van der Waals surface area (Å²) in [5.74, 6) is -0.474. The summed E-state index contributed by atoms with van der Waals surface area (Å²) in [7, 11) is 0. The monoisotopic (exact) mass is 330 g/mol. The summed E-state index contributed by atoms with van der Waals surface area (Å²) in [6.07, 6.45) is 3.26. The molecular weight excluding hydrogens is 304 g/mol. The van der Waals surface area contributed by atoms with Crippen molar-refractivity contribution < 1.29 is 14.7 Å². The van der Waals surface area contributed by atoms with E-state index >= 15 is 0 Å². The fourth-order valence-corrected chi connectivity index (χ4v) is 4.11. The summed E-state index contributed by atoms with van der Waals surface area (Å²) in [6, 6.07) is 3.60. The number of aryl methyl sites for hydroxylation is 3. The summed E-state index contributed by atoms with van der Waals surface area (Å²) in [6.45, 7) is 6.65. The summed E-state index contributed by atoms with van der Waals surface area (Å²) in [5, 5.41) is 13.2. The largest absolute Gasteiger partial charge is 0.380 e. The van der Waals surface area contributed by atoms with Crippen LogP contribution in [0, 0.1) is 20.8 Å². The van der Waals surface area contributed by atoms with Gasteiger partial charge < -0.3 is 15.3 Å². The molecule has 1 unspecified atom stereocenters. The van der Waals surface area contributed by atoms with E-state index < -0.39 is 17.6 Å². The number of aliphatic hydroxyl groups is 1. The van der Waals surface area contributed by atoms with Crippen molar-refractivity contribution in [3.63, 3.8) is 0 Å². The van der Waals surface area contributed by atoms with E-state index in [0.717, 1.165) is 29.7 Å². The maximum atomic E-state index is 12.8. The van der Waals surface area contributed by atoms with Gasteiger partial charge in [-0.2, -0.15) is 0 Å². The molecule has 0 aromatic heterocycles. The van der Waals surface area contributed by atoms with Gasteiger partial charge in [-0.3, -0.25) is 9.59 Å². The molecule has 5 nitrogen and oxygen atoms in total. The first-order chi connectivity index (χ1) is 11.3. The Morgan fingerprint density at radius 2 is 1.79 bits per heavy atom. The lowest BCUT2D eigenvalue weighted by molar-refractivity contribution is -0.141. The van der Waals surface area contributed by atoms with E-state index in [1.165, 1.54) is 5.56 Å². The smallest absolute Gasteiger partial charge is 0.252 e. The molecule has 24 heavy (non-hydrogen) atoms. The zero-order valence-electron chi connectivity index (χ0n) is 14.7. The molecule has 1 saturated carbocycles. The molecule has 2 N–H and O–H groups in total. The van der Waals surface area contributed by atoms with Crippen molar-refractivity contribution in [2.45, 2.75) is 64.5 Å². The quantitative estimate of drug-likeness (QED) is 0.892. The first-order valence-electron chi connectivity index (χ1n) is 8.74. The maximum absolute atomic E-state index is 12.8. The molecule has 5 heteroatoms. The molecule has 0 spiro atoms. The van der Waals surface area contributed by atoms with Gasteiger partial charge in [0.05, 0.1) is 0 Å². The summed E-state index contributed by atoms with van der Waals surface area (Å²) in [5.41, 5.74) is 2.98. The topological polar surface area (TPSA) is 69.6 Å². The average Bonchev–Trinajstić information content (AvgIpc) is 3.08. The predicted octanol–water partition coefficient (Wildman–Crippen LogP) is 2.14. The van der Waals surface area contributed by atoms with Gasteiger partial charge in [0.15, 0.2) is 0 Å². The molecule has 2 amide bonds. The van der Waals surface area contributed by atoms with Gasteiger partial charge in [-0.25, -0.2) is 0 Å². The van der Waals surface area contributed by atoms with Crippen LogP contribution in [-0.4, -0.2) is 35.1 Å². The number of rotatable bonds is 3. The minimum atomic E-state index is -1.29. The zero-order valence-corrected chi connectivity index (χ0v) is 14.7. The first-order valence-corrected chi connectivity index (χ1v) is 8.74. The normalized spacial score (nSPS) is 22.9. The van der Waals surface area contributed by atoms with Crippen molar-refractivity contribution in [2.24, 2.45) is 0 Å². The lowest BCUT2D eigenvalue weighted by Gasteiger charge is -2.24. The SMILES string of the molecule is Cc1cc(C)c(N2CCC(NC(=O)C3(O)CCCC3)C2=O)c(C)c1. The highest BCUT2D eigenvalue weighted by molar-refractivity contribution is 6.03. The van der Waals surface area contributed by atoms with Crippen molar-refractivity contribution in [3.8, 4) is 0 Å². The van der Waals surface area contributed by atoms with Gasteiger partial charge in [-0.1, -0.05) is 17.7 Å². The number of anilines is 1. The van der Waals surface area contributed by atoms with Crippen LogP contribution < -0.4 is 10.2 Å². The van der Waals surface area contributed by atoms with Gasteiger partial charge in [0.2, 0.25) is 5.91 Å². The molecule has 1 atom stereocenters. The lowest BCUT2D eigenvalue weighted by Crippen LogP contribution is -2.51.